The van der Waals surface area contributed by atoms with Gasteiger partial charge in [0.25, 0.3) is 0 Å². The molecule has 0 aliphatic rings. The van der Waals surface area contributed by atoms with Crippen molar-refractivity contribution in [1.29, 1.82) is 0 Å². The van der Waals surface area contributed by atoms with Crippen molar-refractivity contribution < 1.29 is 9.53 Å². The second kappa shape index (κ2) is 12.9. The molecule has 0 bridgehead atoms. The molecule has 3 heteroatoms. The summed E-state index contributed by atoms with van der Waals surface area (Å²) < 4.78 is 5.85. The van der Waals surface area contributed by atoms with E-state index in [-0.39, 0.29) is 5.91 Å². The minimum atomic E-state index is -0.0654. The predicted molar refractivity (Wildman–Crippen MR) is 103 cm³/mol. The fourth-order valence-corrected chi connectivity index (χ4v) is 2.83. The van der Waals surface area contributed by atoms with Crippen LogP contribution in [0.5, 0.6) is 5.75 Å². The van der Waals surface area contributed by atoms with E-state index in [1.807, 2.05) is 25.1 Å². The number of amides is 1. The van der Waals surface area contributed by atoms with E-state index in [2.05, 4.69) is 12.2 Å². The van der Waals surface area contributed by atoms with Crippen LogP contribution in [0, 0.1) is 6.92 Å². The van der Waals surface area contributed by atoms with Gasteiger partial charge in [0.15, 0.2) is 0 Å². The van der Waals surface area contributed by atoms with Gasteiger partial charge in [0.05, 0.1) is 12.3 Å². The van der Waals surface area contributed by atoms with Crippen molar-refractivity contribution in [2.45, 2.75) is 85.0 Å². The van der Waals surface area contributed by atoms with E-state index >= 15 is 0 Å². The topological polar surface area (TPSA) is 38.3 Å². The van der Waals surface area contributed by atoms with Crippen molar-refractivity contribution in [2.24, 2.45) is 0 Å². The number of anilines is 1. The number of carbonyl (C=O) groups is 1. The molecule has 0 saturated heterocycles. The highest BCUT2D eigenvalue weighted by Crippen LogP contribution is 2.26. The van der Waals surface area contributed by atoms with E-state index in [1.165, 1.54) is 64.7 Å². The minimum Gasteiger partial charge on any atom is -0.491 e. The molecule has 0 unspecified atom stereocenters. The number of benzene rings is 1. The molecule has 0 aromatic heterocycles. The summed E-state index contributed by atoms with van der Waals surface area (Å²) in [6.07, 6.45) is 13.2. The van der Waals surface area contributed by atoms with Gasteiger partial charge in [-0.15, -0.1) is 0 Å². The summed E-state index contributed by atoms with van der Waals surface area (Å²) in [7, 11) is 0. The van der Waals surface area contributed by atoms with Crippen LogP contribution in [0.1, 0.15) is 83.6 Å². The highest BCUT2D eigenvalue weighted by Gasteiger charge is 2.05. The van der Waals surface area contributed by atoms with Crippen molar-refractivity contribution in [1.82, 2.24) is 0 Å². The average Bonchev–Trinajstić information content (AvgIpc) is 2.54. The number of nitrogens with one attached hydrogen (secondary N) is 1. The van der Waals surface area contributed by atoms with Crippen LogP contribution in [0.15, 0.2) is 18.2 Å². The van der Waals surface area contributed by atoms with Crippen LogP contribution in [0.4, 0.5) is 5.69 Å². The lowest BCUT2D eigenvalue weighted by atomic mass is 10.1. The fourth-order valence-electron chi connectivity index (χ4n) is 2.83. The highest BCUT2D eigenvalue weighted by atomic mass is 16.5. The first-order valence-corrected chi connectivity index (χ1v) is 9.64. The number of hydrogen-bond acceptors (Lipinski definition) is 2. The van der Waals surface area contributed by atoms with E-state index in [0.29, 0.717) is 6.61 Å². The maximum Gasteiger partial charge on any atom is 0.221 e. The third-order valence-corrected chi connectivity index (χ3v) is 4.20. The molecule has 1 rings (SSSR count). The first-order chi connectivity index (χ1) is 11.6. The molecule has 0 saturated carbocycles. The number of ether oxygens (including phenoxy) is 1. The lowest BCUT2D eigenvalue weighted by Crippen LogP contribution is -2.08. The summed E-state index contributed by atoms with van der Waals surface area (Å²) in [6.45, 7) is 6.51. The number of hydrogen-bond donors (Lipinski definition) is 1. The Bertz CT molecular complexity index is 471. The molecule has 1 aromatic carbocycles. The van der Waals surface area contributed by atoms with Crippen LogP contribution < -0.4 is 10.1 Å². The molecular formula is C21H35NO2. The standard InChI is InChI=1S/C21H35NO2/c1-4-5-6-7-8-9-10-11-12-13-16-24-21-15-14-18(2)17-20(21)22-19(3)23/h14-15,17H,4-13,16H2,1-3H3,(H,22,23). The summed E-state index contributed by atoms with van der Waals surface area (Å²) >= 11 is 0. The molecule has 3 nitrogen and oxygen atoms in total. The lowest BCUT2D eigenvalue weighted by molar-refractivity contribution is -0.114. The minimum absolute atomic E-state index is 0.0654. The van der Waals surface area contributed by atoms with E-state index in [0.717, 1.165) is 23.4 Å². The zero-order valence-electron chi connectivity index (χ0n) is 15.8. The summed E-state index contributed by atoms with van der Waals surface area (Å²) in [5, 5.41) is 2.84. The van der Waals surface area contributed by atoms with E-state index in [4.69, 9.17) is 4.74 Å². The van der Waals surface area contributed by atoms with Gasteiger partial charge in [-0.05, 0) is 31.0 Å². The highest BCUT2D eigenvalue weighted by molar-refractivity contribution is 5.90. The van der Waals surface area contributed by atoms with Crippen LogP contribution in [-0.2, 0) is 4.79 Å². The van der Waals surface area contributed by atoms with Crippen LogP contribution in [0.25, 0.3) is 0 Å². The van der Waals surface area contributed by atoms with Gasteiger partial charge in [-0.2, -0.15) is 0 Å². The van der Waals surface area contributed by atoms with Crippen molar-refractivity contribution in [3.05, 3.63) is 23.8 Å². The Morgan fingerprint density at radius 3 is 2.12 bits per heavy atom. The Kier molecular flexibility index (Phi) is 11.0. The molecule has 1 aromatic rings. The Morgan fingerprint density at radius 1 is 0.958 bits per heavy atom. The van der Waals surface area contributed by atoms with Crippen molar-refractivity contribution >= 4 is 11.6 Å². The number of unbranched alkanes of at least 4 members (excludes halogenated alkanes) is 9. The molecule has 136 valence electrons. The molecule has 0 aliphatic carbocycles. The SMILES string of the molecule is CCCCCCCCCCCCOc1ccc(C)cc1NC(C)=O. The number of carbonyl (C=O) groups excluding carboxylic acids is 1. The Labute approximate surface area is 148 Å². The molecule has 0 heterocycles. The Morgan fingerprint density at radius 2 is 1.54 bits per heavy atom. The normalized spacial score (nSPS) is 10.6. The maximum absolute atomic E-state index is 11.3. The molecule has 0 atom stereocenters. The first kappa shape index (κ1) is 20.5. The smallest absolute Gasteiger partial charge is 0.221 e. The van der Waals surface area contributed by atoms with Gasteiger partial charge < -0.3 is 10.1 Å². The van der Waals surface area contributed by atoms with Crippen molar-refractivity contribution in [3.8, 4) is 5.75 Å². The van der Waals surface area contributed by atoms with Crippen LogP contribution in [0.3, 0.4) is 0 Å². The van der Waals surface area contributed by atoms with E-state index < -0.39 is 0 Å². The van der Waals surface area contributed by atoms with E-state index in [9.17, 15) is 4.79 Å². The maximum atomic E-state index is 11.3. The number of aryl methyl sites for hydroxylation is 1. The molecule has 0 aliphatic heterocycles. The monoisotopic (exact) mass is 333 g/mol. The van der Waals surface area contributed by atoms with E-state index in [1.54, 1.807) is 0 Å². The molecule has 0 spiro atoms. The average molecular weight is 334 g/mol. The van der Waals surface area contributed by atoms with Gasteiger partial charge >= 0.3 is 0 Å². The molecule has 0 fully saturated rings. The molecule has 0 radical (unpaired) electrons. The summed E-state index contributed by atoms with van der Waals surface area (Å²) in [5.41, 5.74) is 1.89. The quantitative estimate of drug-likeness (QED) is 0.433. The van der Waals surface area contributed by atoms with Crippen molar-refractivity contribution in [3.63, 3.8) is 0 Å². The zero-order chi connectivity index (χ0) is 17.6. The van der Waals surface area contributed by atoms with Gasteiger partial charge in [-0.1, -0.05) is 70.8 Å². The fraction of sp³-hybridized carbons (Fsp3) is 0.667. The van der Waals surface area contributed by atoms with Gasteiger partial charge in [-0.25, -0.2) is 0 Å². The van der Waals surface area contributed by atoms with Gasteiger partial charge in [-0.3, -0.25) is 4.79 Å². The largest absolute Gasteiger partial charge is 0.491 e. The molecule has 1 N–H and O–H groups in total. The predicted octanol–water partition coefficient (Wildman–Crippen LogP) is 6.25. The summed E-state index contributed by atoms with van der Waals surface area (Å²) in [6, 6.07) is 5.91. The van der Waals surface area contributed by atoms with Crippen LogP contribution in [0.2, 0.25) is 0 Å². The lowest BCUT2D eigenvalue weighted by Gasteiger charge is -2.12. The van der Waals surface area contributed by atoms with Crippen LogP contribution >= 0.6 is 0 Å². The van der Waals surface area contributed by atoms with Crippen molar-refractivity contribution in [2.75, 3.05) is 11.9 Å². The third-order valence-electron chi connectivity index (χ3n) is 4.20. The Hall–Kier alpha value is -1.51. The summed E-state index contributed by atoms with van der Waals surface area (Å²) in [4.78, 5) is 11.3. The zero-order valence-corrected chi connectivity index (χ0v) is 15.8. The van der Waals surface area contributed by atoms with Gasteiger partial charge in [0.1, 0.15) is 5.75 Å². The van der Waals surface area contributed by atoms with Gasteiger partial charge in [0, 0.05) is 6.92 Å². The van der Waals surface area contributed by atoms with Gasteiger partial charge in [0.2, 0.25) is 5.91 Å². The third kappa shape index (κ3) is 9.59. The number of rotatable bonds is 13. The second-order valence-electron chi connectivity index (χ2n) is 6.71. The molecule has 24 heavy (non-hydrogen) atoms. The Balaban J connectivity index is 2.12. The molecular weight excluding hydrogens is 298 g/mol. The summed E-state index contributed by atoms with van der Waals surface area (Å²) in [5.74, 6) is 0.705. The molecule has 1 amide bonds. The van der Waals surface area contributed by atoms with Crippen LogP contribution in [-0.4, -0.2) is 12.5 Å². The first-order valence-electron chi connectivity index (χ1n) is 9.64. The second-order valence-corrected chi connectivity index (χ2v) is 6.71.